The van der Waals surface area contributed by atoms with Crippen LogP contribution in [0.25, 0.3) is 0 Å². The number of aldehydes is 1. The summed E-state index contributed by atoms with van der Waals surface area (Å²) < 4.78 is 10.3. The van der Waals surface area contributed by atoms with E-state index < -0.39 is 0 Å². The predicted octanol–water partition coefficient (Wildman–Crippen LogP) is 4.47. The summed E-state index contributed by atoms with van der Waals surface area (Å²) in [6.45, 7) is 4.33. The van der Waals surface area contributed by atoms with Crippen molar-refractivity contribution in [1.82, 2.24) is 0 Å². The van der Waals surface area contributed by atoms with Crippen LogP contribution in [0.1, 0.15) is 35.3 Å². The molecule has 0 bridgehead atoms. The lowest BCUT2D eigenvalue weighted by atomic mass is 10.1. The van der Waals surface area contributed by atoms with Crippen molar-refractivity contribution in [2.45, 2.75) is 26.9 Å². The number of rotatable bonds is 6. The van der Waals surface area contributed by atoms with E-state index in [0.717, 1.165) is 5.56 Å². The number of methoxy groups -OCH3 is 1. The van der Waals surface area contributed by atoms with Gasteiger partial charge in [0, 0.05) is 5.02 Å². The third-order valence-electron chi connectivity index (χ3n) is 3.08. The Labute approximate surface area is 147 Å². The fraction of sp³-hybridized carbons (Fsp3) is 0.263. The first-order valence-electron chi connectivity index (χ1n) is 7.64. The Morgan fingerprint density at radius 3 is 2.29 bits per heavy atom. The third-order valence-corrected chi connectivity index (χ3v) is 3.34. The first-order valence-corrected chi connectivity index (χ1v) is 8.02. The highest BCUT2D eigenvalue weighted by Gasteiger charge is 2.08. The maximum absolute atomic E-state index is 11.3. The van der Waals surface area contributed by atoms with E-state index in [1.54, 1.807) is 30.3 Å². The van der Waals surface area contributed by atoms with Gasteiger partial charge in [0.25, 0.3) is 0 Å². The van der Waals surface area contributed by atoms with E-state index in [2.05, 4.69) is 4.74 Å². The van der Waals surface area contributed by atoms with Crippen LogP contribution in [0.5, 0.6) is 5.75 Å². The molecule has 0 atom stereocenters. The zero-order valence-corrected chi connectivity index (χ0v) is 14.8. The lowest BCUT2D eigenvalue weighted by molar-refractivity contribution is -0.139. The number of ether oxygens (including phenoxy) is 2. The van der Waals surface area contributed by atoms with Crippen LogP contribution in [0, 0.1) is 0 Å². The SMILES string of the molecule is CC.COC(=O)Cc1ccc(OCc2ccc(Cl)cc2)c(C=O)c1. The summed E-state index contributed by atoms with van der Waals surface area (Å²) in [5.41, 5.74) is 2.04. The summed E-state index contributed by atoms with van der Waals surface area (Å²) in [5, 5.41) is 0.657. The van der Waals surface area contributed by atoms with Crippen molar-refractivity contribution in [2.75, 3.05) is 7.11 Å². The molecule has 2 aromatic rings. The van der Waals surface area contributed by atoms with Gasteiger partial charge in [0.05, 0.1) is 19.1 Å². The van der Waals surface area contributed by atoms with E-state index in [1.807, 2.05) is 26.0 Å². The maximum Gasteiger partial charge on any atom is 0.309 e. The van der Waals surface area contributed by atoms with Crippen LogP contribution >= 0.6 is 11.6 Å². The molecule has 0 aliphatic carbocycles. The molecule has 0 aliphatic rings. The highest BCUT2D eigenvalue weighted by atomic mass is 35.5. The van der Waals surface area contributed by atoms with Gasteiger partial charge in [-0.3, -0.25) is 9.59 Å². The molecule has 0 saturated heterocycles. The lowest BCUT2D eigenvalue weighted by Gasteiger charge is -2.10. The first-order chi connectivity index (χ1) is 11.6. The van der Waals surface area contributed by atoms with Gasteiger partial charge in [0.2, 0.25) is 0 Å². The van der Waals surface area contributed by atoms with E-state index >= 15 is 0 Å². The standard InChI is InChI=1S/C17H15ClO4.C2H6/c1-21-17(20)9-13-4-7-16(14(8-13)10-19)22-11-12-2-5-15(18)6-3-12;1-2/h2-8,10H,9,11H2,1H3;1-2H3. The molecule has 0 fully saturated rings. The molecule has 0 saturated carbocycles. The minimum Gasteiger partial charge on any atom is -0.488 e. The Morgan fingerprint density at radius 1 is 1.08 bits per heavy atom. The summed E-state index contributed by atoms with van der Waals surface area (Å²) in [6.07, 6.45) is 0.826. The van der Waals surface area contributed by atoms with Crippen molar-refractivity contribution in [2.24, 2.45) is 0 Å². The lowest BCUT2D eigenvalue weighted by Crippen LogP contribution is -2.05. The monoisotopic (exact) mass is 348 g/mol. The zero-order chi connectivity index (χ0) is 17.9. The Kier molecular flexibility index (Phi) is 8.58. The van der Waals surface area contributed by atoms with Crippen molar-refractivity contribution in [3.63, 3.8) is 0 Å². The maximum atomic E-state index is 11.3. The molecule has 0 aromatic heterocycles. The Bertz CT molecular complexity index is 666. The molecule has 0 radical (unpaired) electrons. The normalized spacial score (nSPS) is 9.50. The van der Waals surface area contributed by atoms with Gasteiger partial charge in [-0.15, -0.1) is 0 Å². The second-order valence-electron chi connectivity index (χ2n) is 4.66. The average molecular weight is 349 g/mol. The van der Waals surface area contributed by atoms with Crippen molar-refractivity contribution in [1.29, 1.82) is 0 Å². The molecule has 2 rings (SSSR count). The Hall–Kier alpha value is -2.33. The molecular formula is C19H21ClO4. The summed E-state index contributed by atoms with van der Waals surface area (Å²) >= 11 is 5.82. The molecule has 0 N–H and O–H groups in total. The minimum atomic E-state index is -0.355. The van der Waals surface area contributed by atoms with Crippen molar-refractivity contribution in [3.05, 3.63) is 64.2 Å². The number of hydrogen-bond acceptors (Lipinski definition) is 4. The van der Waals surface area contributed by atoms with E-state index in [-0.39, 0.29) is 12.4 Å². The van der Waals surface area contributed by atoms with Gasteiger partial charge in [-0.05, 0) is 35.4 Å². The van der Waals surface area contributed by atoms with E-state index in [9.17, 15) is 9.59 Å². The topological polar surface area (TPSA) is 52.6 Å². The molecule has 0 unspecified atom stereocenters. The average Bonchev–Trinajstić information content (AvgIpc) is 2.63. The van der Waals surface area contributed by atoms with E-state index in [1.165, 1.54) is 7.11 Å². The fourth-order valence-electron chi connectivity index (χ4n) is 1.91. The molecule has 2 aromatic carbocycles. The fourth-order valence-corrected chi connectivity index (χ4v) is 2.04. The van der Waals surface area contributed by atoms with Gasteiger partial charge in [-0.1, -0.05) is 43.6 Å². The van der Waals surface area contributed by atoms with Gasteiger partial charge in [0.1, 0.15) is 12.4 Å². The molecule has 4 nitrogen and oxygen atoms in total. The minimum absolute atomic E-state index is 0.120. The molecule has 0 heterocycles. The number of carbonyl (C=O) groups excluding carboxylic acids is 2. The van der Waals surface area contributed by atoms with Gasteiger partial charge in [-0.2, -0.15) is 0 Å². The summed E-state index contributed by atoms with van der Waals surface area (Å²) in [6, 6.07) is 12.3. The van der Waals surface area contributed by atoms with Crippen molar-refractivity contribution < 1.29 is 19.1 Å². The first kappa shape index (κ1) is 19.7. The van der Waals surface area contributed by atoms with Crippen LogP contribution in [0.15, 0.2) is 42.5 Å². The van der Waals surface area contributed by atoms with Crippen molar-refractivity contribution in [3.8, 4) is 5.75 Å². The molecule has 5 heteroatoms. The Morgan fingerprint density at radius 2 is 1.71 bits per heavy atom. The predicted molar refractivity (Wildman–Crippen MR) is 94.7 cm³/mol. The van der Waals surface area contributed by atoms with Crippen LogP contribution < -0.4 is 4.74 Å². The highest BCUT2D eigenvalue weighted by Crippen LogP contribution is 2.21. The summed E-state index contributed by atoms with van der Waals surface area (Å²) in [4.78, 5) is 22.4. The van der Waals surface area contributed by atoms with E-state index in [0.29, 0.717) is 34.8 Å². The molecule has 0 spiro atoms. The van der Waals surface area contributed by atoms with Gasteiger partial charge < -0.3 is 9.47 Å². The largest absolute Gasteiger partial charge is 0.488 e. The molecular weight excluding hydrogens is 328 g/mol. The summed E-state index contributed by atoms with van der Waals surface area (Å²) in [5.74, 6) is 0.116. The van der Waals surface area contributed by atoms with Crippen LogP contribution in [0.2, 0.25) is 5.02 Å². The molecule has 24 heavy (non-hydrogen) atoms. The van der Waals surface area contributed by atoms with Crippen LogP contribution in [0.3, 0.4) is 0 Å². The van der Waals surface area contributed by atoms with Gasteiger partial charge >= 0.3 is 5.97 Å². The molecule has 0 amide bonds. The smallest absolute Gasteiger partial charge is 0.309 e. The number of carbonyl (C=O) groups is 2. The van der Waals surface area contributed by atoms with Crippen LogP contribution in [-0.4, -0.2) is 19.4 Å². The zero-order valence-electron chi connectivity index (χ0n) is 14.0. The summed E-state index contributed by atoms with van der Waals surface area (Å²) in [7, 11) is 1.33. The van der Waals surface area contributed by atoms with Crippen LogP contribution in [0.4, 0.5) is 0 Å². The molecule has 0 aliphatic heterocycles. The molecule has 128 valence electrons. The second kappa shape index (κ2) is 10.4. The third kappa shape index (κ3) is 6.05. The highest BCUT2D eigenvalue weighted by molar-refractivity contribution is 6.30. The van der Waals surface area contributed by atoms with Crippen LogP contribution in [-0.2, 0) is 22.6 Å². The van der Waals surface area contributed by atoms with Gasteiger partial charge in [-0.25, -0.2) is 0 Å². The quantitative estimate of drug-likeness (QED) is 0.570. The number of hydrogen-bond donors (Lipinski definition) is 0. The van der Waals surface area contributed by atoms with Crippen molar-refractivity contribution >= 4 is 23.9 Å². The number of halogens is 1. The number of esters is 1. The van der Waals surface area contributed by atoms with E-state index in [4.69, 9.17) is 16.3 Å². The number of benzene rings is 2. The second-order valence-corrected chi connectivity index (χ2v) is 5.09. The Balaban J connectivity index is 0.00000139. The van der Waals surface area contributed by atoms with Gasteiger partial charge in [0.15, 0.2) is 6.29 Å².